The van der Waals surface area contributed by atoms with Crippen LogP contribution < -0.4 is 4.74 Å². The second kappa shape index (κ2) is 8.28. The summed E-state index contributed by atoms with van der Waals surface area (Å²) < 4.78 is 5.38. The van der Waals surface area contributed by atoms with Gasteiger partial charge in [-0.1, -0.05) is 41.6 Å². The number of amides is 1. The molecule has 3 heterocycles. The molecule has 0 saturated carbocycles. The molecule has 1 amide bonds. The lowest BCUT2D eigenvalue weighted by atomic mass is 10.0. The molecule has 0 radical (unpaired) electrons. The van der Waals surface area contributed by atoms with Crippen LogP contribution in [0.15, 0.2) is 47.6 Å². The van der Waals surface area contributed by atoms with Crippen LogP contribution in [0.2, 0.25) is 5.02 Å². The lowest BCUT2D eigenvalue weighted by Gasteiger charge is -2.27. The number of nitrogens with zero attached hydrogens (tertiary/aromatic N) is 3. The maximum absolute atomic E-state index is 12.9. The van der Waals surface area contributed by atoms with E-state index in [-0.39, 0.29) is 11.7 Å². The van der Waals surface area contributed by atoms with E-state index >= 15 is 0 Å². The number of methoxy groups -OCH3 is 1. The molecular weight excluding hydrogens is 434 g/mol. The van der Waals surface area contributed by atoms with Crippen molar-refractivity contribution in [1.29, 1.82) is 0 Å². The van der Waals surface area contributed by atoms with E-state index in [9.17, 15) is 4.79 Å². The Morgan fingerprint density at radius 3 is 3.03 bits per heavy atom. The Balaban J connectivity index is 1.26. The Labute approximate surface area is 188 Å². The fourth-order valence-electron chi connectivity index (χ4n) is 3.89. The lowest BCUT2D eigenvalue weighted by molar-refractivity contribution is -0.129. The van der Waals surface area contributed by atoms with Crippen LogP contribution >= 0.6 is 23.4 Å². The quantitative estimate of drug-likeness (QED) is 0.440. The molecule has 2 N–H and O–H groups in total. The van der Waals surface area contributed by atoms with E-state index < -0.39 is 0 Å². The van der Waals surface area contributed by atoms with Crippen molar-refractivity contribution in [1.82, 2.24) is 25.1 Å². The predicted molar refractivity (Wildman–Crippen MR) is 122 cm³/mol. The van der Waals surface area contributed by atoms with Gasteiger partial charge in [-0.3, -0.25) is 9.89 Å². The first kappa shape index (κ1) is 20.0. The van der Waals surface area contributed by atoms with E-state index in [0.29, 0.717) is 34.8 Å². The number of carbonyl (C=O) groups excluding carboxylic acids is 1. The van der Waals surface area contributed by atoms with E-state index in [2.05, 4.69) is 32.3 Å². The number of nitrogens with one attached hydrogen (secondary N) is 2. The molecule has 0 aliphatic carbocycles. The molecule has 0 fully saturated rings. The molecule has 0 saturated heterocycles. The average molecular weight is 454 g/mol. The van der Waals surface area contributed by atoms with Gasteiger partial charge in [0.15, 0.2) is 5.82 Å². The van der Waals surface area contributed by atoms with Crippen LogP contribution in [0.1, 0.15) is 11.3 Å². The van der Waals surface area contributed by atoms with E-state index in [1.54, 1.807) is 25.3 Å². The number of para-hydroxylation sites is 1. The van der Waals surface area contributed by atoms with Gasteiger partial charge < -0.3 is 14.6 Å². The number of benzene rings is 2. The summed E-state index contributed by atoms with van der Waals surface area (Å²) in [5.74, 6) is 1.56. The second-order valence-electron chi connectivity index (χ2n) is 7.29. The van der Waals surface area contributed by atoms with E-state index in [4.69, 9.17) is 16.3 Å². The smallest absolute Gasteiger partial charge is 0.233 e. The molecule has 4 aromatic rings. The maximum Gasteiger partial charge on any atom is 0.233 e. The zero-order valence-corrected chi connectivity index (χ0v) is 18.4. The van der Waals surface area contributed by atoms with Crippen LogP contribution in [0.3, 0.4) is 0 Å². The number of fused-ring (bicyclic) bond motifs is 3. The van der Waals surface area contributed by atoms with Crippen molar-refractivity contribution in [2.24, 2.45) is 0 Å². The summed E-state index contributed by atoms with van der Waals surface area (Å²) in [6.45, 7) is 1.33. The largest absolute Gasteiger partial charge is 0.496 e. The summed E-state index contributed by atoms with van der Waals surface area (Å²) in [5, 5.41) is 9.43. The molecule has 31 heavy (non-hydrogen) atoms. The van der Waals surface area contributed by atoms with Crippen LogP contribution in [0.5, 0.6) is 5.75 Å². The van der Waals surface area contributed by atoms with Gasteiger partial charge in [0.25, 0.3) is 0 Å². The van der Waals surface area contributed by atoms with Gasteiger partial charge in [-0.2, -0.15) is 0 Å². The molecule has 0 atom stereocenters. The number of thioether (sulfide) groups is 1. The van der Waals surface area contributed by atoms with Gasteiger partial charge in [-0.05, 0) is 24.3 Å². The highest BCUT2D eigenvalue weighted by Gasteiger charge is 2.24. The van der Waals surface area contributed by atoms with Gasteiger partial charge in [0.2, 0.25) is 11.1 Å². The van der Waals surface area contributed by atoms with Gasteiger partial charge in [0.1, 0.15) is 5.75 Å². The zero-order valence-electron chi connectivity index (χ0n) is 16.8. The molecule has 0 unspecified atom stereocenters. The van der Waals surface area contributed by atoms with E-state index in [1.807, 2.05) is 17.0 Å². The minimum absolute atomic E-state index is 0.0765. The SMILES string of the molecule is COc1ccc(Cl)cc1-c1nc(SCC(=O)N2CCc3[nH]c4ccccc4c3C2)n[nH]1. The fraction of sp³-hybridized carbons (Fsp3) is 0.227. The summed E-state index contributed by atoms with van der Waals surface area (Å²) in [6, 6.07) is 13.5. The number of aromatic nitrogens is 4. The Hall–Kier alpha value is -2.97. The van der Waals surface area contributed by atoms with Crippen LogP contribution in [-0.2, 0) is 17.8 Å². The number of hydrogen-bond donors (Lipinski definition) is 2. The first-order valence-corrected chi connectivity index (χ1v) is 11.2. The Morgan fingerprint density at radius 2 is 2.16 bits per heavy atom. The highest BCUT2D eigenvalue weighted by atomic mass is 35.5. The molecule has 7 nitrogen and oxygen atoms in total. The summed E-state index contributed by atoms with van der Waals surface area (Å²) in [6.07, 6.45) is 0.833. The highest BCUT2D eigenvalue weighted by Crippen LogP contribution is 2.31. The first-order chi connectivity index (χ1) is 15.1. The molecule has 2 aromatic carbocycles. The molecule has 0 bridgehead atoms. The summed E-state index contributed by atoms with van der Waals surface area (Å²) >= 11 is 7.42. The Bertz CT molecular complexity index is 1270. The first-order valence-electron chi connectivity index (χ1n) is 9.87. The number of ether oxygens (including phenoxy) is 1. The predicted octanol–water partition coefficient (Wildman–Crippen LogP) is 4.29. The van der Waals surface area contributed by atoms with Gasteiger partial charge in [0.05, 0.1) is 18.4 Å². The third-order valence-electron chi connectivity index (χ3n) is 5.44. The van der Waals surface area contributed by atoms with E-state index in [0.717, 1.165) is 17.5 Å². The molecule has 9 heteroatoms. The third-order valence-corrected chi connectivity index (χ3v) is 6.51. The van der Waals surface area contributed by atoms with Gasteiger partial charge in [-0.15, -0.1) is 5.10 Å². The minimum atomic E-state index is 0.0765. The second-order valence-corrected chi connectivity index (χ2v) is 8.67. The van der Waals surface area contributed by atoms with Crippen LogP contribution in [0, 0.1) is 0 Å². The number of halogens is 1. The van der Waals surface area contributed by atoms with Crippen molar-refractivity contribution in [3.05, 3.63) is 58.7 Å². The van der Waals surface area contributed by atoms with Crippen molar-refractivity contribution in [3.8, 4) is 17.1 Å². The maximum atomic E-state index is 12.9. The minimum Gasteiger partial charge on any atom is -0.496 e. The van der Waals surface area contributed by atoms with Crippen molar-refractivity contribution in [2.75, 3.05) is 19.4 Å². The van der Waals surface area contributed by atoms with Crippen molar-refractivity contribution >= 4 is 40.2 Å². The summed E-state index contributed by atoms with van der Waals surface area (Å²) in [5.41, 5.74) is 4.30. The van der Waals surface area contributed by atoms with Gasteiger partial charge in [0, 0.05) is 46.7 Å². The average Bonchev–Trinajstić information content (AvgIpc) is 3.41. The van der Waals surface area contributed by atoms with Crippen molar-refractivity contribution in [2.45, 2.75) is 18.1 Å². The summed E-state index contributed by atoms with van der Waals surface area (Å²) in [4.78, 5) is 22.7. The lowest BCUT2D eigenvalue weighted by Crippen LogP contribution is -2.36. The molecule has 2 aromatic heterocycles. The monoisotopic (exact) mass is 453 g/mol. The van der Waals surface area contributed by atoms with Gasteiger partial charge >= 0.3 is 0 Å². The van der Waals surface area contributed by atoms with Crippen LogP contribution in [0.25, 0.3) is 22.3 Å². The normalized spacial score (nSPS) is 13.4. The van der Waals surface area contributed by atoms with Crippen molar-refractivity contribution in [3.63, 3.8) is 0 Å². The molecular formula is C22H20ClN5O2S. The molecule has 1 aliphatic heterocycles. The van der Waals surface area contributed by atoms with E-state index in [1.165, 1.54) is 28.4 Å². The molecule has 5 rings (SSSR count). The molecule has 0 spiro atoms. The number of H-pyrrole nitrogens is 2. The summed E-state index contributed by atoms with van der Waals surface area (Å²) in [7, 11) is 1.59. The standard InChI is InChI=1S/C22H20ClN5O2S/c1-30-19-7-6-13(23)10-15(19)21-25-22(27-26-21)31-12-20(29)28-9-8-18-16(11-28)14-4-2-3-5-17(14)24-18/h2-7,10,24H,8-9,11-12H2,1H3,(H,25,26,27). The van der Waals surface area contributed by atoms with Gasteiger partial charge in [-0.25, -0.2) is 4.98 Å². The molecule has 1 aliphatic rings. The number of rotatable bonds is 5. The van der Waals surface area contributed by atoms with Crippen LogP contribution in [0.4, 0.5) is 0 Å². The number of aromatic amines is 2. The topological polar surface area (TPSA) is 86.9 Å². The Kier molecular flexibility index (Phi) is 5.33. The van der Waals surface area contributed by atoms with Crippen molar-refractivity contribution < 1.29 is 9.53 Å². The third kappa shape index (κ3) is 3.88. The highest BCUT2D eigenvalue weighted by molar-refractivity contribution is 7.99. The number of hydrogen-bond acceptors (Lipinski definition) is 5. The zero-order chi connectivity index (χ0) is 21.4. The fourth-order valence-corrected chi connectivity index (χ4v) is 4.77. The molecule has 158 valence electrons. The van der Waals surface area contributed by atoms with Crippen LogP contribution in [-0.4, -0.2) is 50.4 Å². The number of carbonyl (C=O) groups is 1. The Morgan fingerprint density at radius 1 is 1.29 bits per heavy atom.